The molecule has 6 nitrogen and oxygen atoms in total. The maximum Gasteiger partial charge on any atom is 0.261 e. The van der Waals surface area contributed by atoms with Gasteiger partial charge in [-0.1, -0.05) is 25.0 Å². The normalized spacial score (nSPS) is 15.0. The molecule has 1 aliphatic heterocycles. The number of nitrogens with one attached hydrogen (secondary N) is 1. The van der Waals surface area contributed by atoms with Crippen LogP contribution in [0, 0.1) is 0 Å². The van der Waals surface area contributed by atoms with Crippen molar-refractivity contribution in [2.45, 2.75) is 30.6 Å². The monoisotopic (exact) mass is 466 g/mol. The van der Waals surface area contributed by atoms with Gasteiger partial charge in [-0.05, 0) is 59.1 Å². The Morgan fingerprint density at radius 2 is 1.75 bits per heavy atom. The van der Waals surface area contributed by atoms with Crippen LogP contribution in [0.5, 0.6) is 5.75 Å². The second kappa shape index (κ2) is 8.96. The summed E-state index contributed by atoms with van der Waals surface area (Å²) in [5, 5.41) is 0. The van der Waals surface area contributed by atoms with Crippen LogP contribution >= 0.6 is 15.9 Å². The summed E-state index contributed by atoms with van der Waals surface area (Å²) in [5.74, 6) is 0.172. The lowest BCUT2D eigenvalue weighted by Crippen LogP contribution is -2.32. The van der Waals surface area contributed by atoms with E-state index in [4.69, 9.17) is 4.74 Å². The molecule has 8 heteroatoms. The zero-order valence-electron chi connectivity index (χ0n) is 15.7. The standard InChI is InChI=1S/C20H23BrN2O4S/c1-27-19-11-10-15(28(25,26)22-18-9-5-4-8-17(18)21)14-16(19)20(24)23-12-6-2-3-7-13-23/h4-5,8-11,14,22H,2-3,6-7,12-13H2,1H3. The van der Waals surface area contributed by atoms with E-state index in [1.54, 1.807) is 29.2 Å². The molecule has 1 amide bonds. The van der Waals surface area contributed by atoms with Gasteiger partial charge in [0.05, 0.1) is 23.3 Å². The minimum Gasteiger partial charge on any atom is -0.496 e. The predicted octanol–water partition coefficient (Wildman–Crippen LogP) is 4.27. The van der Waals surface area contributed by atoms with Crippen molar-refractivity contribution in [2.75, 3.05) is 24.9 Å². The van der Waals surface area contributed by atoms with Gasteiger partial charge in [0.25, 0.3) is 15.9 Å². The Bertz CT molecular complexity index is 954. The van der Waals surface area contributed by atoms with Gasteiger partial charge in [-0.15, -0.1) is 0 Å². The number of nitrogens with zero attached hydrogens (tertiary/aromatic N) is 1. The predicted molar refractivity (Wildman–Crippen MR) is 112 cm³/mol. The first-order chi connectivity index (χ1) is 13.4. The molecule has 1 fully saturated rings. The number of benzene rings is 2. The smallest absolute Gasteiger partial charge is 0.261 e. The second-order valence-electron chi connectivity index (χ2n) is 6.65. The van der Waals surface area contributed by atoms with Crippen LogP contribution < -0.4 is 9.46 Å². The van der Waals surface area contributed by atoms with Gasteiger partial charge >= 0.3 is 0 Å². The number of hydrogen-bond donors (Lipinski definition) is 1. The second-order valence-corrected chi connectivity index (χ2v) is 9.19. The Labute approximate surface area is 174 Å². The lowest BCUT2D eigenvalue weighted by Gasteiger charge is -2.22. The molecule has 1 aliphatic rings. The van der Waals surface area contributed by atoms with Crippen LogP contribution in [0.15, 0.2) is 51.8 Å². The van der Waals surface area contributed by atoms with E-state index in [2.05, 4.69) is 20.7 Å². The molecular formula is C20H23BrN2O4S. The Balaban J connectivity index is 1.93. The molecule has 3 rings (SSSR count). The van der Waals surface area contributed by atoms with E-state index in [1.165, 1.54) is 25.3 Å². The highest BCUT2D eigenvalue weighted by atomic mass is 79.9. The van der Waals surface area contributed by atoms with Crippen molar-refractivity contribution < 1.29 is 17.9 Å². The van der Waals surface area contributed by atoms with E-state index < -0.39 is 10.0 Å². The van der Waals surface area contributed by atoms with Crippen molar-refractivity contribution in [3.05, 3.63) is 52.5 Å². The van der Waals surface area contributed by atoms with Crippen LogP contribution in [0.2, 0.25) is 0 Å². The van der Waals surface area contributed by atoms with Gasteiger partial charge in [-0.2, -0.15) is 0 Å². The van der Waals surface area contributed by atoms with E-state index in [1.807, 2.05) is 0 Å². The zero-order valence-corrected chi connectivity index (χ0v) is 18.1. The van der Waals surface area contributed by atoms with Crippen molar-refractivity contribution in [1.29, 1.82) is 0 Å². The average Bonchev–Trinajstić information content (AvgIpc) is 2.98. The van der Waals surface area contributed by atoms with Gasteiger partial charge in [0.2, 0.25) is 0 Å². The van der Waals surface area contributed by atoms with E-state index in [9.17, 15) is 13.2 Å². The number of sulfonamides is 1. The lowest BCUT2D eigenvalue weighted by atomic mass is 10.1. The first-order valence-electron chi connectivity index (χ1n) is 9.17. The molecule has 0 bridgehead atoms. The van der Waals surface area contributed by atoms with Crippen LogP contribution in [0.1, 0.15) is 36.0 Å². The van der Waals surface area contributed by atoms with Crippen molar-refractivity contribution in [1.82, 2.24) is 4.90 Å². The molecule has 1 N–H and O–H groups in total. The number of methoxy groups -OCH3 is 1. The zero-order chi connectivity index (χ0) is 20.1. The SMILES string of the molecule is COc1ccc(S(=O)(=O)Nc2ccccc2Br)cc1C(=O)N1CCCCCC1. The van der Waals surface area contributed by atoms with Crippen LogP contribution in [-0.4, -0.2) is 39.4 Å². The molecule has 150 valence electrons. The highest BCUT2D eigenvalue weighted by Crippen LogP contribution is 2.28. The maximum atomic E-state index is 13.0. The number of halogens is 1. The Kier molecular flexibility index (Phi) is 6.61. The number of carbonyl (C=O) groups excluding carboxylic acids is 1. The third-order valence-electron chi connectivity index (χ3n) is 4.72. The molecule has 0 radical (unpaired) electrons. The molecule has 2 aromatic carbocycles. The number of likely N-dealkylation sites (tertiary alicyclic amines) is 1. The quantitative estimate of drug-likeness (QED) is 0.713. The molecule has 0 atom stereocenters. The van der Waals surface area contributed by atoms with Crippen molar-refractivity contribution in [3.8, 4) is 5.75 Å². The molecule has 0 saturated carbocycles. The van der Waals surface area contributed by atoms with Gasteiger partial charge < -0.3 is 9.64 Å². The van der Waals surface area contributed by atoms with Crippen LogP contribution in [0.25, 0.3) is 0 Å². The molecule has 1 heterocycles. The molecule has 0 aliphatic carbocycles. The molecule has 0 aromatic heterocycles. The summed E-state index contributed by atoms with van der Waals surface area (Å²) in [6.45, 7) is 1.35. The topological polar surface area (TPSA) is 75.7 Å². The number of amides is 1. The van der Waals surface area contributed by atoms with E-state index in [0.717, 1.165) is 25.7 Å². The Hall–Kier alpha value is -2.06. The minimum absolute atomic E-state index is 0.0159. The molecule has 1 saturated heterocycles. The summed E-state index contributed by atoms with van der Waals surface area (Å²) in [6.07, 6.45) is 4.11. The Morgan fingerprint density at radius 3 is 2.39 bits per heavy atom. The van der Waals surface area contributed by atoms with Gasteiger partial charge in [-0.3, -0.25) is 9.52 Å². The number of hydrogen-bond acceptors (Lipinski definition) is 4. The summed E-state index contributed by atoms with van der Waals surface area (Å²) in [6, 6.07) is 11.3. The minimum atomic E-state index is -3.86. The molecule has 0 spiro atoms. The average molecular weight is 467 g/mol. The molecule has 28 heavy (non-hydrogen) atoms. The fourth-order valence-electron chi connectivity index (χ4n) is 3.21. The lowest BCUT2D eigenvalue weighted by molar-refractivity contribution is 0.0758. The fraction of sp³-hybridized carbons (Fsp3) is 0.350. The van der Waals surface area contributed by atoms with E-state index >= 15 is 0 Å². The van der Waals surface area contributed by atoms with E-state index in [-0.39, 0.29) is 16.4 Å². The van der Waals surface area contributed by atoms with Crippen molar-refractivity contribution in [3.63, 3.8) is 0 Å². The summed E-state index contributed by atoms with van der Waals surface area (Å²) in [4.78, 5) is 14.8. The first-order valence-corrected chi connectivity index (χ1v) is 11.4. The number of para-hydroxylation sites is 1. The Morgan fingerprint density at radius 1 is 1.07 bits per heavy atom. The van der Waals surface area contributed by atoms with Gasteiger partial charge in [-0.25, -0.2) is 8.42 Å². The number of ether oxygens (including phenoxy) is 1. The molecular weight excluding hydrogens is 444 g/mol. The van der Waals surface area contributed by atoms with E-state index in [0.29, 0.717) is 29.0 Å². The van der Waals surface area contributed by atoms with Gasteiger partial charge in [0, 0.05) is 17.6 Å². The fourth-order valence-corrected chi connectivity index (χ4v) is 4.83. The largest absolute Gasteiger partial charge is 0.496 e. The number of anilines is 1. The van der Waals surface area contributed by atoms with Crippen molar-refractivity contribution in [2.24, 2.45) is 0 Å². The number of rotatable bonds is 5. The summed E-state index contributed by atoms with van der Waals surface area (Å²) in [5.41, 5.74) is 0.693. The molecule has 2 aromatic rings. The maximum absolute atomic E-state index is 13.0. The molecule has 0 unspecified atom stereocenters. The van der Waals surface area contributed by atoms with Crippen molar-refractivity contribution >= 4 is 37.5 Å². The summed E-state index contributed by atoms with van der Waals surface area (Å²) < 4.78 is 34.2. The number of carbonyl (C=O) groups is 1. The van der Waals surface area contributed by atoms with Crippen LogP contribution in [0.3, 0.4) is 0 Å². The third kappa shape index (κ3) is 4.67. The highest BCUT2D eigenvalue weighted by molar-refractivity contribution is 9.10. The van der Waals surface area contributed by atoms with Crippen LogP contribution in [-0.2, 0) is 10.0 Å². The summed E-state index contributed by atoms with van der Waals surface area (Å²) >= 11 is 3.33. The first kappa shape index (κ1) is 20.7. The highest BCUT2D eigenvalue weighted by Gasteiger charge is 2.24. The van der Waals surface area contributed by atoms with Gasteiger partial charge in [0.15, 0.2) is 0 Å². The summed E-state index contributed by atoms with van der Waals surface area (Å²) in [7, 11) is -2.39. The van der Waals surface area contributed by atoms with Gasteiger partial charge in [0.1, 0.15) is 5.75 Å². The third-order valence-corrected chi connectivity index (χ3v) is 6.78. The van der Waals surface area contributed by atoms with Crippen LogP contribution in [0.4, 0.5) is 5.69 Å².